The zero-order valence-electron chi connectivity index (χ0n) is 6.08. The lowest BCUT2D eigenvalue weighted by Crippen LogP contribution is -2.27. The van der Waals surface area contributed by atoms with Crippen LogP contribution in [0.3, 0.4) is 0 Å². The molecule has 60 valence electrons. The van der Waals surface area contributed by atoms with Crippen molar-refractivity contribution < 1.29 is 17.8 Å². The van der Waals surface area contributed by atoms with Gasteiger partial charge in [0, 0.05) is 5.41 Å². The third-order valence-electron chi connectivity index (χ3n) is 0.847. The molecule has 0 fully saturated rings. The van der Waals surface area contributed by atoms with E-state index in [9.17, 15) is 13.2 Å². The minimum atomic E-state index is -4.50. The Hall–Kier alpha value is -0.420. The van der Waals surface area contributed by atoms with Gasteiger partial charge < -0.3 is 0 Å². The van der Waals surface area contributed by atoms with E-state index in [1.54, 1.807) is 0 Å². The first-order chi connectivity index (χ1) is 4.15. The van der Waals surface area contributed by atoms with Crippen molar-refractivity contribution in [1.82, 2.24) is 0 Å². The average Bonchev–Trinajstić information content (AvgIpc) is 1.59. The molecule has 0 aliphatic rings. The van der Waals surface area contributed by atoms with Gasteiger partial charge in [0.1, 0.15) is 0 Å². The van der Waals surface area contributed by atoms with Crippen LogP contribution in [0.1, 0.15) is 20.8 Å². The summed E-state index contributed by atoms with van der Waals surface area (Å²) in [6, 6.07) is 0. The first-order valence-electron chi connectivity index (χ1n) is 2.67. The molecule has 0 aliphatic heterocycles. The summed E-state index contributed by atoms with van der Waals surface area (Å²) in [5.74, 6) is 0. The molecule has 0 heterocycles. The highest BCUT2D eigenvalue weighted by Gasteiger charge is 2.31. The standard InChI is InChI=1S/C5H10O4S/c1-5(2,3)4(6)10(7,8)9/h1-3H3,(H,7,8,9). The minimum Gasteiger partial charge on any atom is -0.280 e. The summed E-state index contributed by atoms with van der Waals surface area (Å²) in [5, 5.41) is -1.15. The molecule has 0 aromatic carbocycles. The normalized spacial score (nSPS) is 13.2. The van der Waals surface area contributed by atoms with Gasteiger partial charge in [-0.15, -0.1) is 0 Å². The first-order valence-corrected chi connectivity index (χ1v) is 4.11. The molecule has 0 spiro atoms. The topological polar surface area (TPSA) is 71.4 Å². The molecule has 0 saturated heterocycles. The van der Waals surface area contributed by atoms with Gasteiger partial charge in [-0.05, 0) is 0 Å². The molecule has 1 N–H and O–H groups in total. The van der Waals surface area contributed by atoms with Crippen molar-refractivity contribution in [2.75, 3.05) is 0 Å². The quantitative estimate of drug-likeness (QED) is 0.530. The zero-order chi connectivity index (χ0) is 8.58. The van der Waals surface area contributed by atoms with Gasteiger partial charge >= 0.3 is 10.1 Å². The van der Waals surface area contributed by atoms with Gasteiger partial charge in [0.05, 0.1) is 0 Å². The number of carbonyl (C=O) groups excluding carboxylic acids is 1. The van der Waals surface area contributed by atoms with E-state index in [-0.39, 0.29) is 0 Å². The second-order valence-electron chi connectivity index (χ2n) is 3.01. The molecule has 0 aromatic rings. The van der Waals surface area contributed by atoms with Crippen LogP contribution < -0.4 is 0 Å². The smallest absolute Gasteiger partial charge is 0.280 e. The molecule has 0 aliphatic carbocycles. The lowest BCUT2D eigenvalue weighted by Gasteiger charge is -2.12. The summed E-state index contributed by atoms with van der Waals surface area (Å²) < 4.78 is 28.6. The number of rotatable bonds is 0. The molecule has 0 amide bonds. The third-order valence-corrected chi connectivity index (χ3v) is 1.93. The van der Waals surface area contributed by atoms with Gasteiger partial charge in [-0.25, -0.2) is 0 Å². The third kappa shape index (κ3) is 2.45. The summed E-state index contributed by atoms with van der Waals surface area (Å²) in [6.07, 6.45) is 0. The van der Waals surface area contributed by atoms with Crippen molar-refractivity contribution in [2.24, 2.45) is 5.41 Å². The Morgan fingerprint density at radius 3 is 1.60 bits per heavy atom. The van der Waals surface area contributed by atoms with Gasteiger partial charge in [0.2, 0.25) is 0 Å². The average molecular weight is 166 g/mol. The largest absolute Gasteiger partial charge is 0.329 e. The van der Waals surface area contributed by atoms with Crippen molar-refractivity contribution in [1.29, 1.82) is 0 Å². The van der Waals surface area contributed by atoms with E-state index in [4.69, 9.17) is 4.55 Å². The van der Waals surface area contributed by atoms with Crippen molar-refractivity contribution in [2.45, 2.75) is 20.8 Å². The number of carbonyl (C=O) groups is 1. The molecule has 0 saturated carbocycles. The Morgan fingerprint density at radius 1 is 1.30 bits per heavy atom. The SMILES string of the molecule is CC(C)(C)C(=O)S(=O)(=O)O. The summed E-state index contributed by atoms with van der Waals surface area (Å²) >= 11 is 0. The van der Waals surface area contributed by atoms with Gasteiger partial charge in [-0.1, -0.05) is 20.8 Å². The highest BCUT2D eigenvalue weighted by atomic mass is 32.2. The number of hydrogen-bond acceptors (Lipinski definition) is 3. The molecular formula is C5H10O4S. The van der Waals surface area contributed by atoms with E-state index in [1.807, 2.05) is 0 Å². The van der Waals surface area contributed by atoms with E-state index < -0.39 is 20.6 Å². The molecular weight excluding hydrogens is 156 g/mol. The van der Waals surface area contributed by atoms with E-state index in [1.165, 1.54) is 20.8 Å². The monoisotopic (exact) mass is 166 g/mol. The Balaban J connectivity index is 4.75. The van der Waals surface area contributed by atoms with Crippen LogP contribution in [0.2, 0.25) is 0 Å². The van der Waals surface area contributed by atoms with Crippen LogP contribution in [0.25, 0.3) is 0 Å². The van der Waals surface area contributed by atoms with Gasteiger partial charge in [0.25, 0.3) is 5.12 Å². The Morgan fingerprint density at radius 2 is 1.60 bits per heavy atom. The van der Waals surface area contributed by atoms with Crippen LogP contribution in [0, 0.1) is 5.41 Å². The second kappa shape index (κ2) is 2.32. The highest BCUT2D eigenvalue weighted by molar-refractivity contribution is 8.01. The van der Waals surface area contributed by atoms with Gasteiger partial charge in [-0.2, -0.15) is 8.42 Å². The van der Waals surface area contributed by atoms with E-state index >= 15 is 0 Å². The van der Waals surface area contributed by atoms with Crippen molar-refractivity contribution in [3.8, 4) is 0 Å². The second-order valence-corrected chi connectivity index (χ2v) is 4.33. The van der Waals surface area contributed by atoms with Crippen molar-refractivity contribution in [3.63, 3.8) is 0 Å². The maximum absolute atomic E-state index is 10.6. The minimum absolute atomic E-state index is 1.03. The van der Waals surface area contributed by atoms with Crippen LogP contribution in [0.5, 0.6) is 0 Å². The summed E-state index contributed by atoms with van der Waals surface area (Å²) in [4.78, 5) is 10.6. The van der Waals surface area contributed by atoms with Crippen LogP contribution >= 0.6 is 0 Å². The van der Waals surface area contributed by atoms with Crippen LogP contribution in [-0.2, 0) is 14.9 Å². The van der Waals surface area contributed by atoms with Gasteiger partial charge in [0.15, 0.2) is 0 Å². The zero-order valence-corrected chi connectivity index (χ0v) is 6.90. The lowest BCUT2D eigenvalue weighted by molar-refractivity contribution is -0.118. The Labute approximate surface area is 60.0 Å². The van der Waals surface area contributed by atoms with Crippen molar-refractivity contribution >= 4 is 15.2 Å². The van der Waals surface area contributed by atoms with Crippen molar-refractivity contribution in [3.05, 3.63) is 0 Å². The predicted octanol–water partition coefficient (Wildman–Crippen LogP) is 0.447. The Kier molecular flexibility index (Phi) is 2.22. The maximum atomic E-state index is 10.6. The van der Waals surface area contributed by atoms with Crippen LogP contribution in [0.4, 0.5) is 0 Å². The Bertz CT molecular complexity index is 231. The molecule has 0 atom stereocenters. The molecule has 5 heteroatoms. The molecule has 0 rings (SSSR count). The van der Waals surface area contributed by atoms with Crippen LogP contribution in [-0.4, -0.2) is 18.1 Å². The van der Waals surface area contributed by atoms with E-state index in [0.717, 1.165) is 0 Å². The predicted molar refractivity (Wildman–Crippen MR) is 36.0 cm³/mol. The summed E-state index contributed by atoms with van der Waals surface area (Å²) in [6.45, 7) is 4.26. The van der Waals surface area contributed by atoms with Gasteiger partial charge in [-0.3, -0.25) is 9.35 Å². The van der Waals surface area contributed by atoms with E-state index in [2.05, 4.69) is 0 Å². The fraction of sp³-hybridized carbons (Fsp3) is 0.800. The summed E-state index contributed by atoms with van der Waals surface area (Å²) in [5.41, 5.74) is -1.03. The van der Waals surface area contributed by atoms with E-state index in [0.29, 0.717) is 0 Å². The molecule has 0 bridgehead atoms. The maximum Gasteiger partial charge on any atom is 0.329 e. The fourth-order valence-electron chi connectivity index (χ4n) is 0.387. The fourth-order valence-corrected chi connectivity index (χ4v) is 1.16. The lowest BCUT2D eigenvalue weighted by atomic mass is 10.00. The number of hydrogen-bond donors (Lipinski definition) is 1. The molecule has 0 aromatic heterocycles. The molecule has 4 nitrogen and oxygen atoms in total. The molecule has 0 radical (unpaired) electrons. The molecule has 10 heavy (non-hydrogen) atoms. The molecule has 0 unspecified atom stereocenters. The van der Waals surface area contributed by atoms with Crippen LogP contribution in [0.15, 0.2) is 0 Å². The highest BCUT2D eigenvalue weighted by Crippen LogP contribution is 2.17. The first kappa shape index (κ1) is 9.58. The summed E-state index contributed by atoms with van der Waals surface area (Å²) in [7, 11) is -4.50.